The van der Waals surface area contributed by atoms with Gasteiger partial charge in [0, 0.05) is 23.6 Å². The van der Waals surface area contributed by atoms with Crippen LogP contribution in [-0.4, -0.2) is 85.3 Å². The van der Waals surface area contributed by atoms with Gasteiger partial charge in [0.25, 0.3) is 0 Å². The highest BCUT2D eigenvalue weighted by atomic mass is 19.1. The maximum absolute atomic E-state index is 14.8. The fourth-order valence-electron chi connectivity index (χ4n) is 6.64. The zero-order chi connectivity index (χ0) is 25.6. The number of piperidine rings is 1. The average molecular weight is 488 g/mol. The summed E-state index contributed by atoms with van der Waals surface area (Å²) in [5, 5.41) is 16.5. The fourth-order valence-corrected chi connectivity index (χ4v) is 6.64. The van der Waals surface area contributed by atoms with Crippen molar-refractivity contribution in [2.24, 2.45) is 5.92 Å². The van der Waals surface area contributed by atoms with E-state index in [1.807, 2.05) is 37.5 Å². The van der Waals surface area contributed by atoms with Crippen molar-refractivity contribution >= 4 is 54.6 Å². The van der Waals surface area contributed by atoms with E-state index in [0.29, 0.717) is 35.7 Å². The predicted octanol–water partition coefficient (Wildman–Crippen LogP) is -1.43. The molecule has 0 bridgehead atoms. The summed E-state index contributed by atoms with van der Waals surface area (Å²) in [5.41, 5.74) is 0.647. The van der Waals surface area contributed by atoms with Gasteiger partial charge in [-0.05, 0) is 54.8 Å². The molecule has 0 unspecified atom stereocenters. The lowest BCUT2D eigenvalue weighted by atomic mass is 9.58. The predicted molar refractivity (Wildman–Crippen MR) is 142 cm³/mol. The molecule has 3 aromatic rings. The summed E-state index contributed by atoms with van der Waals surface area (Å²) in [6, 6.07) is 5.09. The summed E-state index contributed by atoms with van der Waals surface area (Å²) in [5.74, 6) is -0.0102. The van der Waals surface area contributed by atoms with Crippen molar-refractivity contribution in [3.63, 3.8) is 0 Å². The molecule has 3 fully saturated rings. The van der Waals surface area contributed by atoms with E-state index in [1.165, 1.54) is 12.1 Å². The first kappa shape index (κ1) is 23.4. The minimum absolute atomic E-state index is 0.238. The lowest BCUT2D eigenvalue weighted by Gasteiger charge is -2.41. The minimum Gasteiger partial charge on any atom is -0.392 e. The first-order valence-corrected chi connectivity index (χ1v) is 12.3. The highest BCUT2D eigenvalue weighted by molar-refractivity contribution is 6.47. The van der Waals surface area contributed by atoms with Crippen LogP contribution in [0.4, 0.5) is 25.1 Å². The normalized spacial score (nSPS) is 27.9. The Morgan fingerprint density at radius 1 is 1.17 bits per heavy atom. The summed E-state index contributed by atoms with van der Waals surface area (Å²) in [6.07, 6.45) is 4.74. The molecule has 1 aliphatic carbocycles. The van der Waals surface area contributed by atoms with Crippen LogP contribution < -0.4 is 10.2 Å². The largest absolute Gasteiger partial charge is 0.392 e. The second kappa shape index (κ2) is 7.50. The van der Waals surface area contributed by atoms with E-state index in [1.54, 1.807) is 21.8 Å². The number of anilines is 2. The molecule has 3 atom stereocenters. The van der Waals surface area contributed by atoms with Gasteiger partial charge >= 0.3 is 6.03 Å². The van der Waals surface area contributed by atoms with Gasteiger partial charge in [-0.15, -0.1) is 0 Å². The molecular weight excluding hydrogens is 462 g/mol. The minimum atomic E-state index is -0.743. The Morgan fingerprint density at radius 2 is 1.94 bits per heavy atom. The van der Waals surface area contributed by atoms with Crippen LogP contribution in [0.1, 0.15) is 24.8 Å². The molecule has 36 heavy (non-hydrogen) atoms. The molecule has 2 aliphatic heterocycles. The van der Waals surface area contributed by atoms with E-state index in [-0.39, 0.29) is 11.9 Å². The quantitative estimate of drug-likeness (QED) is 0.443. The van der Waals surface area contributed by atoms with Crippen molar-refractivity contribution in [1.82, 2.24) is 19.5 Å². The van der Waals surface area contributed by atoms with Crippen molar-refractivity contribution in [2.45, 2.75) is 41.6 Å². The van der Waals surface area contributed by atoms with Gasteiger partial charge in [-0.25, -0.2) is 23.1 Å². The van der Waals surface area contributed by atoms with Crippen LogP contribution in [0.5, 0.6) is 0 Å². The number of aromatic nitrogens is 3. The van der Waals surface area contributed by atoms with Gasteiger partial charge in [0.1, 0.15) is 54.5 Å². The number of nitrogens with zero attached hydrogens (tertiary/aromatic N) is 5. The zero-order valence-electron chi connectivity index (χ0n) is 20.8. The lowest BCUT2D eigenvalue weighted by Crippen LogP contribution is -2.61. The number of aliphatic hydroxyl groups excluding tert-OH is 1. The molecule has 1 saturated carbocycles. The van der Waals surface area contributed by atoms with E-state index in [4.69, 9.17) is 4.98 Å². The lowest BCUT2D eigenvalue weighted by molar-refractivity contribution is 0.141. The van der Waals surface area contributed by atoms with Gasteiger partial charge in [-0.2, -0.15) is 5.10 Å². The van der Waals surface area contributed by atoms with Crippen molar-refractivity contribution in [3.8, 4) is 0 Å². The number of rotatable bonds is 3. The van der Waals surface area contributed by atoms with E-state index < -0.39 is 34.0 Å². The summed E-state index contributed by atoms with van der Waals surface area (Å²) in [4.78, 5) is 21.9. The maximum atomic E-state index is 14.8. The van der Waals surface area contributed by atoms with Gasteiger partial charge in [0.15, 0.2) is 5.65 Å². The summed E-state index contributed by atoms with van der Waals surface area (Å²) in [6.45, 7) is 0.674. The Hall–Kier alpha value is -3.01. The van der Waals surface area contributed by atoms with Gasteiger partial charge in [-0.1, -0.05) is 0 Å². The third kappa shape index (κ3) is 3.22. The number of urea groups is 1. The number of halogens is 2. The van der Waals surface area contributed by atoms with Crippen molar-refractivity contribution < 1.29 is 18.7 Å². The molecule has 6 rings (SSSR count). The number of carbonyl (C=O) groups is 1. The van der Waals surface area contributed by atoms with Crippen LogP contribution in [0.15, 0.2) is 36.7 Å². The second-order valence-corrected chi connectivity index (χ2v) is 11.5. The fraction of sp³-hybridized carbons (Fsp3) is 0.409. The van der Waals surface area contributed by atoms with Gasteiger partial charge < -0.3 is 20.2 Å². The molecule has 182 valence electrons. The molecule has 0 spiro atoms. The Labute approximate surface area is 211 Å². The Morgan fingerprint density at radius 3 is 2.64 bits per heavy atom. The number of nitrogens with one attached hydrogen (secondary N) is 1. The first-order chi connectivity index (χ1) is 16.9. The summed E-state index contributed by atoms with van der Waals surface area (Å²) in [7, 11) is 7.56. The van der Waals surface area contributed by atoms with E-state index in [0.717, 1.165) is 18.9 Å². The monoisotopic (exact) mass is 488 g/mol. The van der Waals surface area contributed by atoms with Crippen LogP contribution in [-0.2, 0) is 5.54 Å². The third-order valence-electron chi connectivity index (χ3n) is 8.42. The Bertz CT molecular complexity index is 1400. The highest BCUT2D eigenvalue weighted by Gasteiger charge is 2.64. The molecule has 8 nitrogen and oxygen atoms in total. The molecule has 14 heteroatoms. The van der Waals surface area contributed by atoms with Gasteiger partial charge in [0.2, 0.25) is 0 Å². The first-order valence-electron chi connectivity index (χ1n) is 12.3. The molecule has 2 saturated heterocycles. The number of amides is 2. The second-order valence-electron chi connectivity index (χ2n) is 11.5. The van der Waals surface area contributed by atoms with E-state index >= 15 is 0 Å². The van der Waals surface area contributed by atoms with Crippen molar-refractivity contribution in [1.29, 1.82) is 0 Å². The molecule has 2 aromatic heterocycles. The van der Waals surface area contributed by atoms with Gasteiger partial charge in [-0.3, -0.25) is 0 Å². The van der Waals surface area contributed by atoms with Crippen LogP contribution in [0.25, 0.3) is 5.65 Å². The number of fused-ring (bicyclic) bond motifs is 2. The molecule has 3 aliphatic rings. The van der Waals surface area contributed by atoms with E-state index in [2.05, 4.69) is 15.3 Å². The number of benzene rings is 1. The number of hydrogen-bond donors (Lipinski definition) is 2. The summed E-state index contributed by atoms with van der Waals surface area (Å²) >= 11 is 0. The number of likely N-dealkylation sites (tertiary alicyclic amines) is 1. The van der Waals surface area contributed by atoms with Crippen LogP contribution in [0.3, 0.4) is 0 Å². The standard InChI is InChI=1S/C22H26B4F2N6O2/c23-21(24)9-16(35)22(25,26)34(21)19(36)30-15-10-29-33-6-4-17(31-18(15)33)32-5-3-11-8-20(11,32)13-7-12(27)1-2-14(13)28/h1-2,4,6-7,10-11,16,35H,3,5,8-9,23-26H2,(H,30,36)/t11-,16-,20+/m0/s1. The highest BCUT2D eigenvalue weighted by Crippen LogP contribution is 2.63. The average Bonchev–Trinajstić information content (AvgIpc) is 3.11. The van der Waals surface area contributed by atoms with E-state index in [9.17, 15) is 18.7 Å². The number of hydrogen-bond acceptors (Lipinski definition) is 5. The smallest absolute Gasteiger partial charge is 0.320 e. The number of aliphatic hydroxyl groups is 1. The third-order valence-corrected chi connectivity index (χ3v) is 8.42. The van der Waals surface area contributed by atoms with Gasteiger partial charge in [0.05, 0.1) is 17.8 Å². The van der Waals surface area contributed by atoms with Crippen LogP contribution >= 0.6 is 0 Å². The maximum Gasteiger partial charge on any atom is 0.320 e. The molecule has 1 aromatic carbocycles. The topological polar surface area (TPSA) is 86.0 Å². The Kier molecular flexibility index (Phi) is 4.88. The molecule has 2 N–H and O–H groups in total. The SMILES string of the molecule is BC1(B)C[C@H](O)C(B)(B)N1C(=O)Nc1cnn2ccc(N3CC[C@H]4C[C@]43c3cc(F)ccc3F)nc12. The zero-order valence-corrected chi connectivity index (χ0v) is 20.8. The summed E-state index contributed by atoms with van der Waals surface area (Å²) < 4.78 is 30.4. The van der Waals surface area contributed by atoms with Crippen molar-refractivity contribution in [3.05, 3.63) is 53.9 Å². The van der Waals surface area contributed by atoms with Crippen LogP contribution in [0, 0.1) is 17.6 Å². The molecular formula is C22H26B4F2N6O2. The van der Waals surface area contributed by atoms with Crippen molar-refractivity contribution in [2.75, 3.05) is 16.8 Å². The molecule has 0 radical (unpaired) electrons. The molecule has 4 heterocycles. The van der Waals surface area contributed by atoms with Crippen LogP contribution in [0.2, 0.25) is 0 Å². The number of carbonyl (C=O) groups excluding carboxylic acids is 1. The molecule has 2 amide bonds. The Balaban J connectivity index is 1.34.